The molecular weight excluding hydrogens is 436 g/mol. The predicted octanol–water partition coefficient (Wildman–Crippen LogP) is 3.61. The maximum Gasteiger partial charge on any atom is 0.240 e. The van der Waals surface area contributed by atoms with Crippen molar-refractivity contribution < 1.29 is 14.0 Å². The van der Waals surface area contributed by atoms with E-state index < -0.39 is 0 Å². The molecule has 0 aliphatic carbocycles. The molecule has 0 aromatic heterocycles. The van der Waals surface area contributed by atoms with Crippen molar-refractivity contribution in [1.29, 1.82) is 0 Å². The first-order valence-corrected chi connectivity index (χ1v) is 8.65. The zero-order valence-corrected chi connectivity index (χ0v) is 15.7. The van der Waals surface area contributed by atoms with Crippen molar-refractivity contribution in [2.75, 3.05) is 5.32 Å². The second-order valence-corrected chi connectivity index (χ2v) is 6.60. The monoisotopic (exact) mass is 453 g/mol. The van der Waals surface area contributed by atoms with Gasteiger partial charge in [0, 0.05) is 22.1 Å². The summed E-state index contributed by atoms with van der Waals surface area (Å²) in [6.07, 6.45) is 1.49. The van der Waals surface area contributed by atoms with E-state index in [0.717, 1.165) is 14.8 Å². The number of halogens is 2. The lowest BCUT2D eigenvalue weighted by Crippen LogP contribution is -2.20. The Bertz CT molecular complexity index is 791. The minimum atomic E-state index is -0.368. The third kappa shape index (κ3) is 6.61. The van der Waals surface area contributed by atoms with Crippen molar-refractivity contribution in [2.45, 2.75) is 19.8 Å². The Labute approximate surface area is 158 Å². The fourth-order valence-electron chi connectivity index (χ4n) is 1.99. The molecule has 0 unspecified atom stereocenters. The van der Waals surface area contributed by atoms with E-state index in [0.29, 0.717) is 5.56 Å². The number of anilines is 1. The lowest BCUT2D eigenvalue weighted by Gasteiger charge is -2.08. The van der Waals surface area contributed by atoms with E-state index in [9.17, 15) is 14.0 Å². The van der Waals surface area contributed by atoms with Crippen molar-refractivity contribution >= 4 is 46.3 Å². The minimum absolute atomic E-state index is 0.0238. The summed E-state index contributed by atoms with van der Waals surface area (Å²) in [4.78, 5) is 23.6. The highest BCUT2D eigenvalue weighted by Gasteiger charge is 2.08. The topological polar surface area (TPSA) is 70.6 Å². The molecular formula is C18H17FIN3O2. The Balaban J connectivity index is 1.75. The number of hydrogen-bond donors (Lipinski definition) is 2. The molecule has 0 radical (unpaired) electrons. The number of rotatable bonds is 6. The number of hydrogen-bond acceptors (Lipinski definition) is 3. The lowest BCUT2D eigenvalue weighted by molar-refractivity contribution is -0.124. The fourth-order valence-corrected chi connectivity index (χ4v) is 2.64. The number of carbonyl (C=O) groups excluding carboxylic acids is 2. The summed E-state index contributed by atoms with van der Waals surface area (Å²) >= 11 is 2.20. The SMILES string of the molecule is Cc1cc(I)ccc1NC(=O)CCC(=O)NN=Cc1ccc(F)cc1. The molecule has 2 aromatic carbocycles. The van der Waals surface area contributed by atoms with Crippen LogP contribution in [0.3, 0.4) is 0 Å². The van der Waals surface area contributed by atoms with Crippen LogP contribution in [0.5, 0.6) is 0 Å². The second kappa shape index (κ2) is 9.26. The van der Waals surface area contributed by atoms with Crippen molar-refractivity contribution in [3.8, 4) is 0 Å². The maximum absolute atomic E-state index is 12.8. The Morgan fingerprint density at radius 1 is 1.12 bits per heavy atom. The lowest BCUT2D eigenvalue weighted by atomic mass is 10.2. The van der Waals surface area contributed by atoms with Gasteiger partial charge in [-0.3, -0.25) is 9.59 Å². The smallest absolute Gasteiger partial charge is 0.240 e. The van der Waals surface area contributed by atoms with Crippen LogP contribution >= 0.6 is 22.6 Å². The normalized spacial score (nSPS) is 10.7. The summed E-state index contributed by atoms with van der Waals surface area (Å²) in [7, 11) is 0. The molecule has 0 aliphatic rings. The van der Waals surface area contributed by atoms with Gasteiger partial charge < -0.3 is 5.32 Å². The van der Waals surface area contributed by atoms with Gasteiger partial charge in [0.05, 0.1) is 6.21 Å². The summed E-state index contributed by atoms with van der Waals surface area (Å²) < 4.78 is 13.9. The van der Waals surface area contributed by atoms with Gasteiger partial charge in [-0.1, -0.05) is 12.1 Å². The molecule has 0 atom stereocenters. The van der Waals surface area contributed by atoms with E-state index in [4.69, 9.17) is 0 Å². The number of amides is 2. The van der Waals surface area contributed by atoms with Crippen LogP contribution in [0.25, 0.3) is 0 Å². The Kier molecular flexibility index (Phi) is 7.05. The van der Waals surface area contributed by atoms with E-state index >= 15 is 0 Å². The highest BCUT2D eigenvalue weighted by Crippen LogP contribution is 2.17. The summed E-state index contributed by atoms with van der Waals surface area (Å²) in [6.45, 7) is 1.91. The number of aryl methyl sites for hydroxylation is 1. The molecule has 0 spiro atoms. The van der Waals surface area contributed by atoms with Crippen molar-refractivity contribution in [1.82, 2.24) is 5.43 Å². The van der Waals surface area contributed by atoms with Crippen molar-refractivity contribution in [3.05, 3.63) is 63.0 Å². The number of benzene rings is 2. The van der Waals surface area contributed by atoms with Crippen LogP contribution in [0.2, 0.25) is 0 Å². The molecule has 0 fully saturated rings. The van der Waals surface area contributed by atoms with Crippen LogP contribution in [0.4, 0.5) is 10.1 Å². The standard InChI is InChI=1S/C18H17FIN3O2/c1-12-10-15(20)6-7-16(12)22-17(24)8-9-18(25)23-21-11-13-2-4-14(19)5-3-13/h2-7,10-11H,8-9H2,1H3,(H,22,24)(H,23,25). The summed E-state index contributed by atoms with van der Waals surface area (Å²) in [5.41, 5.74) is 4.70. The van der Waals surface area contributed by atoms with Crippen LogP contribution in [0, 0.1) is 16.3 Å². The van der Waals surface area contributed by atoms with E-state index in [2.05, 4.69) is 38.4 Å². The Morgan fingerprint density at radius 2 is 1.80 bits per heavy atom. The van der Waals surface area contributed by atoms with Crippen molar-refractivity contribution in [3.63, 3.8) is 0 Å². The third-order valence-corrected chi connectivity index (χ3v) is 3.99. The summed E-state index contributed by atoms with van der Waals surface area (Å²) in [6, 6.07) is 11.4. The van der Waals surface area contributed by atoms with E-state index in [1.165, 1.54) is 18.3 Å². The maximum atomic E-state index is 12.8. The molecule has 2 amide bonds. The summed E-state index contributed by atoms with van der Waals surface area (Å²) in [5.74, 6) is -0.939. The number of carbonyl (C=O) groups is 2. The van der Waals surface area contributed by atoms with Gasteiger partial charge in [-0.2, -0.15) is 5.10 Å². The second-order valence-electron chi connectivity index (χ2n) is 5.35. The Morgan fingerprint density at radius 3 is 2.48 bits per heavy atom. The molecule has 5 nitrogen and oxygen atoms in total. The van der Waals surface area contributed by atoms with Crippen molar-refractivity contribution in [2.24, 2.45) is 5.10 Å². The molecule has 2 rings (SSSR count). The van der Waals surface area contributed by atoms with E-state index in [1.54, 1.807) is 12.1 Å². The quantitative estimate of drug-likeness (QED) is 0.399. The molecule has 0 aliphatic heterocycles. The number of nitrogens with one attached hydrogen (secondary N) is 2. The zero-order valence-electron chi connectivity index (χ0n) is 13.6. The van der Waals surface area contributed by atoms with Gasteiger partial charge in [-0.25, -0.2) is 9.82 Å². The first kappa shape index (κ1) is 19.0. The van der Waals surface area contributed by atoms with E-state index in [-0.39, 0.29) is 30.5 Å². The predicted molar refractivity (Wildman–Crippen MR) is 104 cm³/mol. The average Bonchev–Trinajstić information content (AvgIpc) is 2.57. The van der Waals surface area contributed by atoms with Gasteiger partial charge in [-0.05, 0) is 71.0 Å². The van der Waals surface area contributed by atoms with Gasteiger partial charge in [-0.15, -0.1) is 0 Å². The first-order valence-electron chi connectivity index (χ1n) is 7.57. The van der Waals surface area contributed by atoms with E-state index in [1.807, 2.05) is 25.1 Å². The highest BCUT2D eigenvalue weighted by molar-refractivity contribution is 14.1. The number of nitrogens with zero attached hydrogens (tertiary/aromatic N) is 1. The van der Waals surface area contributed by atoms with Crippen LogP contribution in [-0.2, 0) is 9.59 Å². The van der Waals surface area contributed by atoms with Gasteiger partial charge >= 0.3 is 0 Å². The highest BCUT2D eigenvalue weighted by atomic mass is 127. The van der Waals surface area contributed by atoms with Gasteiger partial charge in [0.25, 0.3) is 0 Å². The van der Waals surface area contributed by atoms with Crippen LogP contribution in [0.1, 0.15) is 24.0 Å². The summed E-state index contributed by atoms with van der Waals surface area (Å²) in [5, 5.41) is 6.56. The fraction of sp³-hybridized carbons (Fsp3) is 0.167. The van der Waals surface area contributed by atoms with Gasteiger partial charge in [0.2, 0.25) is 11.8 Å². The molecule has 7 heteroatoms. The van der Waals surface area contributed by atoms with Gasteiger partial charge in [0.1, 0.15) is 5.82 Å². The van der Waals surface area contributed by atoms with Gasteiger partial charge in [0.15, 0.2) is 0 Å². The molecule has 25 heavy (non-hydrogen) atoms. The van der Waals surface area contributed by atoms with Crippen LogP contribution in [-0.4, -0.2) is 18.0 Å². The molecule has 0 heterocycles. The third-order valence-electron chi connectivity index (χ3n) is 3.31. The number of hydrazone groups is 1. The largest absolute Gasteiger partial charge is 0.326 e. The van der Waals surface area contributed by atoms with Crippen LogP contribution < -0.4 is 10.7 Å². The van der Waals surface area contributed by atoms with Crippen LogP contribution in [0.15, 0.2) is 47.6 Å². The average molecular weight is 453 g/mol. The molecule has 0 bridgehead atoms. The minimum Gasteiger partial charge on any atom is -0.326 e. The Hall–Kier alpha value is -2.29. The molecule has 2 aromatic rings. The molecule has 0 saturated heterocycles. The molecule has 130 valence electrons. The molecule has 0 saturated carbocycles. The zero-order chi connectivity index (χ0) is 18.2. The molecule has 2 N–H and O–H groups in total. The first-order chi connectivity index (χ1) is 11.9.